The van der Waals surface area contributed by atoms with Crippen LogP contribution in [0.4, 0.5) is 0 Å². The Morgan fingerprint density at radius 3 is 2.35 bits per heavy atom. The lowest BCUT2D eigenvalue weighted by molar-refractivity contribution is 0.410. The van der Waals surface area contributed by atoms with E-state index in [0.717, 1.165) is 12.8 Å². The van der Waals surface area contributed by atoms with Gasteiger partial charge in [-0.2, -0.15) is 4.31 Å². The summed E-state index contributed by atoms with van der Waals surface area (Å²) >= 11 is 5.72. The molecule has 0 aromatic carbocycles. The normalized spacial score (nSPS) is 12.0. The van der Waals surface area contributed by atoms with Gasteiger partial charge in [-0.3, -0.25) is 0 Å². The maximum Gasteiger partial charge on any atom is 0.243 e. The van der Waals surface area contributed by atoms with Crippen molar-refractivity contribution >= 4 is 21.6 Å². The molecular formula is C11H17ClN2O2S. The Hall–Kier alpha value is -0.650. The van der Waals surface area contributed by atoms with Crippen LogP contribution in [0.2, 0.25) is 5.15 Å². The molecule has 0 fully saturated rings. The first-order chi connectivity index (χ1) is 8.02. The number of pyridine rings is 1. The van der Waals surface area contributed by atoms with E-state index in [4.69, 9.17) is 11.6 Å². The molecular weight excluding hydrogens is 260 g/mol. The SMILES string of the molecule is CCCN(CCC)S(=O)(=O)c1ccnc(Cl)c1. The van der Waals surface area contributed by atoms with E-state index < -0.39 is 10.0 Å². The second-order valence-corrected chi connectivity index (χ2v) is 6.04. The van der Waals surface area contributed by atoms with E-state index in [-0.39, 0.29) is 10.0 Å². The Bertz CT molecular complexity index is 456. The predicted molar refractivity (Wildman–Crippen MR) is 68.6 cm³/mol. The van der Waals surface area contributed by atoms with Crippen LogP contribution in [0.5, 0.6) is 0 Å². The zero-order valence-corrected chi connectivity index (χ0v) is 11.6. The highest BCUT2D eigenvalue weighted by Crippen LogP contribution is 2.18. The zero-order valence-electron chi connectivity index (χ0n) is 10.1. The number of aromatic nitrogens is 1. The first-order valence-corrected chi connectivity index (χ1v) is 7.45. The summed E-state index contributed by atoms with van der Waals surface area (Å²) in [5.74, 6) is 0. The minimum absolute atomic E-state index is 0.194. The molecule has 0 N–H and O–H groups in total. The van der Waals surface area contributed by atoms with Gasteiger partial charge in [-0.15, -0.1) is 0 Å². The number of hydrogen-bond donors (Lipinski definition) is 0. The van der Waals surface area contributed by atoms with Crippen molar-refractivity contribution in [2.24, 2.45) is 0 Å². The van der Waals surface area contributed by atoms with Gasteiger partial charge < -0.3 is 0 Å². The molecule has 0 aliphatic heterocycles. The highest BCUT2D eigenvalue weighted by Gasteiger charge is 2.23. The Labute approximate surface area is 108 Å². The van der Waals surface area contributed by atoms with Crippen molar-refractivity contribution in [3.8, 4) is 0 Å². The molecule has 0 unspecified atom stereocenters. The van der Waals surface area contributed by atoms with E-state index >= 15 is 0 Å². The molecule has 0 radical (unpaired) electrons. The molecule has 0 saturated carbocycles. The van der Waals surface area contributed by atoms with Gasteiger partial charge in [0.25, 0.3) is 0 Å². The van der Waals surface area contributed by atoms with Gasteiger partial charge in [0.2, 0.25) is 10.0 Å². The van der Waals surface area contributed by atoms with Crippen molar-refractivity contribution in [2.45, 2.75) is 31.6 Å². The Balaban J connectivity index is 3.07. The molecule has 17 heavy (non-hydrogen) atoms. The third-order valence-electron chi connectivity index (χ3n) is 2.28. The molecule has 1 aromatic heterocycles. The highest BCUT2D eigenvalue weighted by atomic mass is 35.5. The van der Waals surface area contributed by atoms with Crippen molar-refractivity contribution in [1.29, 1.82) is 0 Å². The third-order valence-corrected chi connectivity index (χ3v) is 4.38. The zero-order chi connectivity index (χ0) is 12.9. The lowest BCUT2D eigenvalue weighted by atomic mass is 10.4. The van der Waals surface area contributed by atoms with E-state index in [9.17, 15) is 8.42 Å². The Morgan fingerprint density at radius 1 is 1.29 bits per heavy atom. The highest BCUT2D eigenvalue weighted by molar-refractivity contribution is 7.89. The molecule has 6 heteroatoms. The van der Waals surface area contributed by atoms with E-state index in [1.807, 2.05) is 13.8 Å². The lowest BCUT2D eigenvalue weighted by Crippen LogP contribution is -2.32. The fourth-order valence-corrected chi connectivity index (χ4v) is 3.42. The number of halogens is 1. The van der Waals surface area contributed by atoms with Crippen LogP contribution in [0.3, 0.4) is 0 Å². The van der Waals surface area contributed by atoms with Crippen molar-refractivity contribution in [1.82, 2.24) is 9.29 Å². The van der Waals surface area contributed by atoms with Crippen molar-refractivity contribution in [3.05, 3.63) is 23.5 Å². The number of sulfonamides is 1. The summed E-state index contributed by atoms with van der Waals surface area (Å²) in [5, 5.41) is 0.194. The maximum absolute atomic E-state index is 12.3. The van der Waals surface area contributed by atoms with Crippen molar-refractivity contribution < 1.29 is 8.42 Å². The number of nitrogens with zero attached hydrogens (tertiary/aromatic N) is 2. The Kier molecular flexibility index (Phi) is 5.36. The van der Waals surface area contributed by atoms with Gasteiger partial charge in [0.1, 0.15) is 5.15 Å². The molecule has 96 valence electrons. The Morgan fingerprint density at radius 2 is 1.88 bits per heavy atom. The number of rotatable bonds is 6. The molecule has 0 amide bonds. The molecule has 0 saturated heterocycles. The first kappa shape index (κ1) is 14.4. The van der Waals surface area contributed by atoms with Gasteiger partial charge >= 0.3 is 0 Å². The van der Waals surface area contributed by atoms with Gasteiger partial charge in [-0.1, -0.05) is 25.4 Å². The lowest BCUT2D eigenvalue weighted by Gasteiger charge is -2.20. The maximum atomic E-state index is 12.3. The van der Waals surface area contributed by atoms with E-state index in [1.165, 1.54) is 22.6 Å². The quantitative estimate of drug-likeness (QED) is 0.750. The molecule has 4 nitrogen and oxygen atoms in total. The first-order valence-electron chi connectivity index (χ1n) is 5.64. The van der Waals surface area contributed by atoms with Crippen LogP contribution < -0.4 is 0 Å². The second kappa shape index (κ2) is 6.33. The van der Waals surface area contributed by atoms with Crippen LogP contribution in [0.1, 0.15) is 26.7 Å². The molecule has 0 aliphatic rings. The smallest absolute Gasteiger partial charge is 0.243 e. The molecule has 1 heterocycles. The minimum atomic E-state index is -3.44. The van der Waals surface area contributed by atoms with E-state index in [0.29, 0.717) is 13.1 Å². The predicted octanol–water partition coefficient (Wildman–Crippen LogP) is 2.55. The van der Waals surface area contributed by atoms with E-state index in [2.05, 4.69) is 4.98 Å². The van der Waals surface area contributed by atoms with Crippen molar-refractivity contribution in [2.75, 3.05) is 13.1 Å². The summed E-state index contributed by atoms with van der Waals surface area (Å²) in [5.41, 5.74) is 0. The largest absolute Gasteiger partial charge is 0.244 e. The van der Waals surface area contributed by atoms with Crippen LogP contribution >= 0.6 is 11.6 Å². The van der Waals surface area contributed by atoms with Crippen LogP contribution in [0.15, 0.2) is 23.2 Å². The van der Waals surface area contributed by atoms with Gasteiger partial charge in [-0.25, -0.2) is 13.4 Å². The van der Waals surface area contributed by atoms with Gasteiger partial charge in [0, 0.05) is 19.3 Å². The van der Waals surface area contributed by atoms with Gasteiger partial charge in [-0.05, 0) is 25.0 Å². The van der Waals surface area contributed by atoms with Gasteiger partial charge in [0.15, 0.2) is 0 Å². The van der Waals surface area contributed by atoms with Gasteiger partial charge in [0.05, 0.1) is 4.90 Å². The average molecular weight is 277 g/mol. The molecule has 0 atom stereocenters. The average Bonchev–Trinajstić information content (AvgIpc) is 2.29. The monoisotopic (exact) mass is 276 g/mol. The van der Waals surface area contributed by atoms with Crippen molar-refractivity contribution in [3.63, 3.8) is 0 Å². The van der Waals surface area contributed by atoms with Crippen LogP contribution in [-0.4, -0.2) is 30.8 Å². The van der Waals surface area contributed by atoms with Crippen LogP contribution in [0, 0.1) is 0 Å². The minimum Gasteiger partial charge on any atom is -0.244 e. The molecule has 1 rings (SSSR count). The third kappa shape index (κ3) is 3.66. The summed E-state index contributed by atoms with van der Waals surface area (Å²) in [4.78, 5) is 3.99. The summed E-state index contributed by atoms with van der Waals surface area (Å²) in [6, 6.07) is 2.86. The topological polar surface area (TPSA) is 50.3 Å². The fraction of sp³-hybridized carbons (Fsp3) is 0.545. The molecule has 0 bridgehead atoms. The van der Waals surface area contributed by atoms with Crippen LogP contribution in [-0.2, 0) is 10.0 Å². The fourth-order valence-electron chi connectivity index (χ4n) is 1.55. The summed E-state index contributed by atoms with van der Waals surface area (Å²) in [6.07, 6.45) is 2.99. The molecule has 0 spiro atoms. The second-order valence-electron chi connectivity index (χ2n) is 3.72. The molecule has 1 aromatic rings. The standard InChI is InChI=1S/C11H17ClN2O2S/c1-3-7-14(8-4-2)17(15,16)10-5-6-13-11(12)9-10/h5-6,9H,3-4,7-8H2,1-2H3. The summed E-state index contributed by atoms with van der Waals surface area (Å²) < 4.78 is 26.1. The summed E-state index contributed by atoms with van der Waals surface area (Å²) in [6.45, 7) is 4.96. The summed E-state index contributed by atoms with van der Waals surface area (Å²) in [7, 11) is -3.44. The van der Waals surface area contributed by atoms with Crippen LogP contribution in [0.25, 0.3) is 0 Å². The molecule has 0 aliphatic carbocycles. The van der Waals surface area contributed by atoms with E-state index in [1.54, 1.807) is 0 Å². The number of hydrogen-bond acceptors (Lipinski definition) is 3.